The number of aryl methyl sites for hydroxylation is 2. The van der Waals surface area contributed by atoms with Gasteiger partial charge in [-0.1, -0.05) is 5.16 Å². The van der Waals surface area contributed by atoms with Crippen molar-refractivity contribution in [2.45, 2.75) is 26.9 Å². The maximum Gasteiger partial charge on any atom is 0.323 e. The van der Waals surface area contributed by atoms with Gasteiger partial charge in [0.1, 0.15) is 6.54 Å². The SMILES string of the molecule is Cc1cc2onc(C)c2cc1N(CC(=O)O)CC(=O)N(C)N1Cc2ccsc2C1. The highest BCUT2D eigenvalue weighted by Crippen LogP contribution is 2.30. The van der Waals surface area contributed by atoms with Gasteiger partial charge in [0.25, 0.3) is 5.91 Å². The molecule has 8 nitrogen and oxygen atoms in total. The monoisotopic (exact) mass is 414 g/mol. The van der Waals surface area contributed by atoms with Crippen molar-refractivity contribution in [3.05, 3.63) is 45.3 Å². The van der Waals surface area contributed by atoms with E-state index in [0.717, 1.165) is 16.6 Å². The van der Waals surface area contributed by atoms with E-state index >= 15 is 0 Å². The molecule has 0 unspecified atom stereocenters. The van der Waals surface area contributed by atoms with E-state index in [2.05, 4.69) is 16.6 Å². The third-order valence-corrected chi connectivity index (χ3v) is 6.21. The summed E-state index contributed by atoms with van der Waals surface area (Å²) in [6.45, 7) is 4.77. The Balaban J connectivity index is 1.56. The average Bonchev–Trinajstić information content (AvgIpc) is 3.34. The number of rotatable bonds is 6. The lowest BCUT2D eigenvalue weighted by Crippen LogP contribution is -2.47. The minimum atomic E-state index is -0.995. The van der Waals surface area contributed by atoms with Gasteiger partial charge in [0.2, 0.25) is 0 Å². The molecule has 0 bridgehead atoms. The summed E-state index contributed by atoms with van der Waals surface area (Å²) in [6, 6.07) is 5.75. The molecule has 2 aromatic heterocycles. The summed E-state index contributed by atoms with van der Waals surface area (Å²) in [6.07, 6.45) is 0. The number of aliphatic carboxylic acids is 1. The number of fused-ring (bicyclic) bond motifs is 2. The molecule has 1 amide bonds. The van der Waals surface area contributed by atoms with E-state index < -0.39 is 5.97 Å². The van der Waals surface area contributed by atoms with Gasteiger partial charge in [-0.2, -0.15) is 0 Å². The predicted octanol–water partition coefficient (Wildman–Crippen LogP) is 2.79. The molecule has 0 saturated carbocycles. The van der Waals surface area contributed by atoms with Crippen molar-refractivity contribution in [3.63, 3.8) is 0 Å². The number of carbonyl (C=O) groups is 2. The molecule has 0 spiro atoms. The molecular formula is C20H22N4O4S. The number of thiophene rings is 1. The number of aromatic nitrogens is 1. The minimum absolute atomic E-state index is 0.0381. The second-order valence-electron chi connectivity index (χ2n) is 7.26. The first-order valence-corrected chi connectivity index (χ1v) is 10.1. The maximum atomic E-state index is 13.0. The Morgan fingerprint density at radius 1 is 1.28 bits per heavy atom. The smallest absolute Gasteiger partial charge is 0.323 e. The van der Waals surface area contributed by atoms with Gasteiger partial charge in [-0.25, -0.2) is 5.01 Å². The minimum Gasteiger partial charge on any atom is -0.480 e. The Bertz CT molecular complexity index is 1070. The highest BCUT2D eigenvalue weighted by Gasteiger charge is 2.28. The number of carbonyl (C=O) groups excluding carboxylic acids is 1. The van der Waals surface area contributed by atoms with Crippen LogP contribution in [0.25, 0.3) is 11.0 Å². The summed E-state index contributed by atoms with van der Waals surface area (Å²) in [7, 11) is 1.73. The van der Waals surface area contributed by atoms with Gasteiger partial charge in [0, 0.05) is 29.5 Å². The standard InChI is InChI=1S/C20H22N4O4S/c1-12-6-17-15(13(2)21-28-17)7-16(12)23(11-20(26)27)10-19(25)22(3)24-8-14-4-5-29-18(14)9-24/h4-7H,8-11H2,1-3H3,(H,26,27). The molecule has 4 rings (SSSR count). The van der Waals surface area contributed by atoms with E-state index in [-0.39, 0.29) is 19.0 Å². The zero-order chi connectivity index (χ0) is 20.7. The van der Waals surface area contributed by atoms with Crippen molar-refractivity contribution in [3.8, 4) is 0 Å². The number of likely N-dealkylation sites (N-methyl/N-ethyl adjacent to an activating group) is 1. The first kappa shape index (κ1) is 19.4. The Morgan fingerprint density at radius 2 is 2.07 bits per heavy atom. The fourth-order valence-electron chi connectivity index (χ4n) is 3.63. The zero-order valence-electron chi connectivity index (χ0n) is 16.5. The molecule has 3 heterocycles. The van der Waals surface area contributed by atoms with E-state index in [9.17, 15) is 14.7 Å². The molecule has 1 aliphatic heterocycles. The Kier molecular flexibility index (Phi) is 5.01. The number of carboxylic acids is 1. The van der Waals surface area contributed by atoms with Crippen LogP contribution in [0, 0.1) is 13.8 Å². The molecule has 1 aromatic carbocycles. The number of benzene rings is 1. The van der Waals surface area contributed by atoms with Crippen LogP contribution in [-0.4, -0.2) is 52.3 Å². The fraction of sp³-hybridized carbons (Fsp3) is 0.350. The van der Waals surface area contributed by atoms with Crippen LogP contribution < -0.4 is 4.90 Å². The number of hydrogen-bond donors (Lipinski definition) is 1. The van der Waals surface area contributed by atoms with Crippen LogP contribution in [0.4, 0.5) is 5.69 Å². The Hall–Kier alpha value is -2.91. The second kappa shape index (κ2) is 7.49. The predicted molar refractivity (Wildman–Crippen MR) is 110 cm³/mol. The Morgan fingerprint density at radius 3 is 2.79 bits per heavy atom. The molecule has 9 heteroatoms. The van der Waals surface area contributed by atoms with Gasteiger partial charge in [-0.05, 0) is 48.6 Å². The lowest BCUT2D eigenvalue weighted by atomic mass is 10.1. The van der Waals surface area contributed by atoms with Gasteiger partial charge < -0.3 is 14.5 Å². The van der Waals surface area contributed by atoms with Crippen molar-refractivity contribution < 1.29 is 19.2 Å². The quantitative estimate of drug-likeness (QED) is 0.663. The number of amides is 1. The fourth-order valence-corrected chi connectivity index (χ4v) is 4.53. The summed E-state index contributed by atoms with van der Waals surface area (Å²) in [5.41, 5.74) is 4.12. The van der Waals surface area contributed by atoms with Crippen LogP contribution in [0.3, 0.4) is 0 Å². The van der Waals surface area contributed by atoms with Crippen LogP contribution in [-0.2, 0) is 22.7 Å². The highest BCUT2D eigenvalue weighted by molar-refractivity contribution is 7.10. The molecule has 0 aliphatic carbocycles. The van der Waals surface area contributed by atoms with E-state index in [1.54, 1.807) is 28.3 Å². The number of hydrazine groups is 1. The molecule has 29 heavy (non-hydrogen) atoms. The molecule has 152 valence electrons. The molecule has 1 aliphatic rings. The summed E-state index contributed by atoms with van der Waals surface area (Å²) in [4.78, 5) is 27.3. The van der Waals surface area contributed by atoms with Crippen LogP contribution in [0.2, 0.25) is 0 Å². The summed E-state index contributed by atoms with van der Waals surface area (Å²) >= 11 is 1.69. The molecular weight excluding hydrogens is 392 g/mol. The molecule has 0 fully saturated rings. The summed E-state index contributed by atoms with van der Waals surface area (Å²) in [5.74, 6) is -1.16. The van der Waals surface area contributed by atoms with Crippen molar-refractivity contribution in [2.24, 2.45) is 0 Å². The topological polar surface area (TPSA) is 90.1 Å². The number of nitrogens with zero attached hydrogens (tertiary/aromatic N) is 4. The van der Waals surface area contributed by atoms with Crippen molar-refractivity contribution in [1.82, 2.24) is 15.2 Å². The van der Waals surface area contributed by atoms with Gasteiger partial charge >= 0.3 is 5.97 Å². The van der Waals surface area contributed by atoms with Crippen LogP contribution in [0.1, 0.15) is 21.7 Å². The lowest BCUT2D eigenvalue weighted by molar-refractivity contribution is -0.145. The highest BCUT2D eigenvalue weighted by atomic mass is 32.1. The van der Waals surface area contributed by atoms with E-state index in [4.69, 9.17) is 4.52 Å². The van der Waals surface area contributed by atoms with Crippen LogP contribution in [0.5, 0.6) is 0 Å². The zero-order valence-corrected chi connectivity index (χ0v) is 17.3. The van der Waals surface area contributed by atoms with E-state index in [0.29, 0.717) is 24.4 Å². The second-order valence-corrected chi connectivity index (χ2v) is 8.26. The normalized spacial score (nSPS) is 13.6. The van der Waals surface area contributed by atoms with Gasteiger partial charge in [0.05, 0.1) is 18.8 Å². The molecule has 3 aromatic rings. The number of carboxylic acid groups (broad SMARTS) is 1. The first-order chi connectivity index (χ1) is 13.8. The van der Waals surface area contributed by atoms with Gasteiger partial charge in [0.15, 0.2) is 5.58 Å². The van der Waals surface area contributed by atoms with Crippen molar-refractivity contribution >= 4 is 39.9 Å². The third kappa shape index (κ3) is 3.70. The lowest BCUT2D eigenvalue weighted by Gasteiger charge is -2.31. The third-order valence-electron chi connectivity index (χ3n) is 5.26. The van der Waals surface area contributed by atoms with Crippen LogP contribution >= 0.6 is 11.3 Å². The first-order valence-electron chi connectivity index (χ1n) is 9.23. The molecule has 0 radical (unpaired) electrons. The van der Waals surface area contributed by atoms with Crippen molar-refractivity contribution in [1.29, 1.82) is 0 Å². The largest absolute Gasteiger partial charge is 0.480 e. The van der Waals surface area contributed by atoms with Crippen molar-refractivity contribution in [2.75, 3.05) is 25.0 Å². The number of anilines is 1. The van der Waals surface area contributed by atoms with E-state index in [1.165, 1.54) is 10.4 Å². The van der Waals surface area contributed by atoms with Crippen LogP contribution in [0.15, 0.2) is 28.1 Å². The maximum absolute atomic E-state index is 13.0. The van der Waals surface area contributed by atoms with E-state index in [1.807, 2.05) is 31.0 Å². The summed E-state index contributed by atoms with van der Waals surface area (Å²) < 4.78 is 5.29. The summed E-state index contributed by atoms with van der Waals surface area (Å²) in [5, 5.41) is 19.8. The molecule has 0 atom stereocenters. The average molecular weight is 414 g/mol. The Labute approximate surface area is 171 Å². The van der Waals surface area contributed by atoms with Gasteiger partial charge in [-0.15, -0.1) is 11.3 Å². The molecule has 0 saturated heterocycles. The number of hydrogen-bond acceptors (Lipinski definition) is 7. The van der Waals surface area contributed by atoms with Gasteiger partial charge in [-0.3, -0.25) is 14.6 Å². The molecule has 1 N–H and O–H groups in total.